The molecule has 1 heterocycles. The second-order valence-corrected chi connectivity index (χ2v) is 3.68. The molecule has 1 rings (SSSR count). The molecule has 0 aromatic rings. The van der Waals surface area contributed by atoms with Crippen LogP contribution < -0.4 is 0 Å². The van der Waals surface area contributed by atoms with Gasteiger partial charge in [0.1, 0.15) is 6.07 Å². The van der Waals surface area contributed by atoms with Crippen LogP contribution in [-0.4, -0.2) is 11.1 Å². The van der Waals surface area contributed by atoms with Crippen LogP contribution >= 0.6 is 23.5 Å². The van der Waals surface area contributed by atoms with E-state index in [2.05, 4.69) is 0 Å². The highest BCUT2D eigenvalue weighted by Crippen LogP contribution is 2.39. The number of hydrogen-bond donors (Lipinski definition) is 1. The van der Waals surface area contributed by atoms with Gasteiger partial charge in [-0.05, 0) is 10.8 Å². The van der Waals surface area contributed by atoms with E-state index >= 15 is 0 Å². The Balaban J connectivity index is 2.93. The Labute approximate surface area is 71.8 Å². The van der Waals surface area contributed by atoms with Crippen molar-refractivity contribution in [2.24, 2.45) is 0 Å². The van der Waals surface area contributed by atoms with Crippen molar-refractivity contribution >= 4 is 29.5 Å². The number of hydrogen-bond acceptors (Lipinski definition) is 4. The fourth-order valence-electron chi connectivity index (χ4n) is 0.506. The zero-order valence-electron chi connectivity index (χ0n) is 5.27. The van der Waals surface area contributed by atoms with Crippen molar-refractivity contribution in [2.45, 2.75) is 0 Å². The Morgan fingerprint density at radius 3 is 2.45 bits per heavy atom. The smallest absolute Gasteiger partial charge is 0.348 e. The molecule has 0 saturated carbocycles. The quantitative estimate of drug-likeness (QED) is 0.498. The third kappa shape index (κ3) is 1.79. The molecule has 0 aliphatic carbocycles. The molecule has 1 aliphatic rings. The summed E-state index contributed by atoms with van der Waals surface area (Å²) in [5, 5.41) is 20.4. The molecule has 0 fully saturated rings. The van der Waals surface area contributed by atoms with E-state index < -0.39 is 5.97 Å². The lowest BCUT2D eigenvalue weighted by molar-refractivity contribution is -0.132. The Bertz CT molecular complexity index is 277. The van der Waals surface area contributed by atoms with E-state index in [-0.39, 0.29) is 5.57 Å². The number of carboxylic acids is 1. The van der Waals surface area contributed by atoms with Crippen molar-refractivity contribution in [1.29, 1.82) is 5.26 Å². The largest absolute Gasteiger partial charge is 0.477 e. The van der Waals surface area contributed by atoms with Gasteiger partial charge in [0, 0.05) is 0 Å². The normalized spacial score (nSPS) is 14.6. The van der Waals surface area contributed by atoms with E-state index in [1.165, 1.54) is 23.5 Å². The van der Waals surface area contributed by atoms with Crippen molar-refractivity contribution in [2.75, 3.05) is 0 Å². The fraction of sp³-hybridized carbons (Fsp3) is 0. The SMILES string of the molecule is N#CC(C(=O)O)=C1SC=CS1. The summed E-state index contributed by atoms with van der Waals surface area (Å²) >= 11 is 2.52. The molecule has 5 heteroatoms. The molecule has 56 valence electrons. The van der Waals surface area contributed by atoms with Crippen LogP contribution in [0.25, 0.3) is 0 Å². The number of aliphatic carboxylic acids is 1. The summed E-state index contributed by atoms with van der Waals surface area (Å²) in [6.45, 7) is 0. The van der Waals surface area contributed by atoms with Crippen LogP contribution in [0.1, 0.15) is 0 Å². The van der Waals surface area contributed by atoms with E-state index in [1.54, 1.807) is 16.9 Å². The summed E-state index contributed by atoms with van der Waals surface area (Å²) in [5.41, 5.74) is -0.176. The average molecular weight is 185 g/mol. The van der Waals surface area contributed by atoms with Gasteiger partial charge in [0.15, 0.2) is 5.57 Å². The first-order valence-electron chi connectivity index (χ1n) is 2.61. The van der Waals surface area contributed by atoms with Gasteiger partial charge in [0.2, 0.25) is 0 Å². The molecule has 0 amide bonds. The number of nitrogens with zero attached hydrogens (tertiary/aromatic N) is 1. The molecular formula is C6H3NO2S2. The van der Waals surface area contributed by atoms with Crippen LogP contribution in [-0.2, 0) is 4.79 Å². The Morgan fingerprint density at radius 1 is 1.55 bits per heavy atom. The third-order valence-corrected chi connectivity index (χ3v) is 3.07. The van der Waals surface area contributed by atoms with Gasteiger partial charge >= 0.3 is 5.97 Å². The molecule has 0 aromatic heterocycles. The number of rotatable bonds is 1. The van der Waals surface area contributed by atoms with Gasteiger partial charge in [-0.25, -0.2) is 4.79 Å². The molecule has 0 unspecified atom stereocenters. The van der Waals surface area contributed by atoms with Gasteiger partial charge in [-0.15, -0.1) is 0 Å². The Morgan fingerprint density at radius 2 is 2.09 bits per heavy atom. The predicted molar refractivity (Wildman–Crippen MR) is 44.6 cm³/mol. The first-order valence-corrected chi connectivity index (χ1v) is 4.37. The molecule has 1 N–H and O–H groups in total. The average Bonchev–Trinajstić information content (AvgIpc) is 2.40. The second kappa shape index (κ2) is 3.51. The summed E-state index contributed by atoms with van der Waals surface area (Å²) < 4.78 is 0.542. The lowest BCUT2D eigenvalue weighted by atomic mass is 10.3. The van der Waals surface area contributed by atoms with Crippen LogP contribution in [0.2, 0.25) is 0 Å². The van der Waals surface area contributed by atoms with Gasteiger partial charge in [-0.1, -0.05) is 23.5 Å². The van der Waals surface area contributed by atoms with Crippen molar-refractivity contribution in [3.05, 3.63) is 20.6 Å². The van der Waals surface area contributed by atoms with Gasteiger partial charge in [-0.3, -0.25) is 0 Å². The lowest BCUT2D eigenvalue weighted by Crippen LogP contribution is -1.98. The highest BCUT2D eigenvalue weighted by Gasteiger charge is 2.15. The highest BCUT2D eigenvalue weighted by molar-refractivity contribution is 8.27. The number of thioether (sulfide) groups is 2. The van der Waals surface area contributed by atoms with Crippen molar-refractivity contribution in [3.8, 4) is 6.07 Å². The molecule has 0 spiro atoms. The molecule has 0 aromatic carbocycles. The summed E-state index contributed by atoms with van der Waals surface area (Å²) in [5.74, 6) is -1.16. The molecule has 0 bridgehead atoms. The van der Waals surface area contributed by atoms with Crippen LogP contribution in [0, 0.1) is 11.3 Å². The van der Waals surface area contributed by atoms with Crippen LogP contribution in [0.15, 0.2) is 20.6 Å². The Kier molecular flexibility index (Phi) is 2.63. The first-order chi connectivity index (χ1) is 5.25. The van der Waals surface area contributed by atoms with E-state index in [9.17, 15) is 4.79 Å². The van der Waals surface area contributed by atoms with Crippen molar-refractivity contribution < 1.29 is 9.90 Å². The number of nitriles is 1. The molecule has 3 nitrogen and oxygen atoms in total. The maximum atomic E-state index is 10.4. The molecule has 11 heavy (non-hydrogen) atoms. The lowest BCUT2D eigenvalue weighted by Gasteiger charge is -1.93. The summed E-state index contributed by atoms with van der Waals surface area (Å²) in [7, 11) is 0. The Hall–Kier alpha value is -0.860. The van der Waals surface area contributed by atoms with Gasteiger partial charge in [0.05, 0.1) is 4.24 Å². The molecule has 0 atom stereocenters. The van der Waals surface area contributed by atoms with Gasteiger partial charge in [-0.2, -0.15) is 5.26 Å². The minimum atomic E-state index is -1.16. The zero-order valence-corrected chi connectivity index (χ0v) is 6.91. The molecule has 1 aliphatic heterocycles. The van der Waals surface area contributed by atoms with E-state index in [0.717, 1.165) is 0 Å². The van der Waals surface area contributed by atoms with Crippen LogP contribution in [0.3, 0.4) is 0 Å². The second-order valence-electron chi connectivity index (χ2n) is 1.59. The number of carboxylic acid groups (broad SMARTS) is 1. The minimum Gasteiger partial charge on any atom is -0.477 e. The maximum Gasteiger partial charge on any atom is 0.348 e. The first kappa shape index (κ1) is 8.24. The van der Waals surface area contributed by atoms with Crippen LogP contribution in [0.5, 0.6) is 0 Å². The summed E-state index contributed by atoms with van der Waals surface area (Å²) in [4.78, 5) is 10.4. The predicted octanol–water partition coefficient (Wildman–Crippen LogP) is 1.76. The molecule has 0 saturated heterocycles. The fourth-order valence-corrected chi connectivity index (χ4v) is 2.25. The van der Waals surface area contributed by atoms with Crippen molar-refractivity contribution in [3.63, 3.8) is 0 Å². The third-order valence-electron chi connectivity index (χ3n) is 0.936. The van der Waals surface area contributed by atoms with E-state index in [1.807, 2.05) is 0 Å². The van der Waals surface area contributed by atoms with E-state index in [0.29, 0.717) is 4.24 Å². The standard InChI is InChI=1S/C6H3NO2S2/c7-3-4(5(8)9)6-10-1-2-11-6/h1-2H,(H,8,9). The van der Waals surface area contributed by atoms with E-state index in [4.69, 9.17) is 10.4 Å². The zero-order chi connectivity index (χ0) is 8.27. The molecule has 0 radical (unpaired) electrons. The maximum absolute atomic E-state index is 10.4. The van der Waals surface area contributed by atoms with Gasteiger partial charge in [0.25, 0.3) is 0 Å². The number of carbonyl (C=O) groups is 1. The van der Waals surface area contributed by atoms with Gasteiger partial charge < -0.3 is 5.11 Å². The summed E-state index contributed by atoms with van der Waals surface area (Å²) in [6.07, 6.45) is 0. The van der Waals surface area contributed by atoms with Crippen LogP contribution in [0.4, 0.5) is 0 Å². The monoisotopic (exact) mass is 185 g/mol. The topological polar surface area (TPSA) is 61.1 Å². The molecular weight excluding hydrogens is 182 g/mol. The minimum absolute atomic E-state index is 0.176. The van der Waals surface area contributed by atoms with Crippen molar-refractivity contribution in [1.82, 2.24) is 0 Å². The summed E-state index contributed by atoms with van der Waals surface area (Å²) in [6, 6.07) is 1.64. The highest BCUT2D eigenvalue weighted by atomic mass is 32.2.